The largest absolute Gasteiger partial charge is 0.508 e. The van der Waals surface area contributed by atoms with Crippen molar-refractivity contribution in [3.8, 4) is 33.8 Å². The second kappa shape index (κ2) is 11.8. The molecule has 0 fully saturated rings. The number of Topliss-reactive ketones (excluding diaryl/α,β-unsaturated/α-hetero) is 1. The number of carbonyl (C=O) groups is 2. The molecule has 0 aliphatic heterocycles. The van der Waals surface area contributed by atoms with E-state index >= 15 is 0 Å². The molecular formula is C39H30O4. The van der Waals surface area contributed by atoms with Crippen molar-refractivity contribution in [2.24, 2.45) is 5.92 Å². The highest BCUT2D eigenvalue weighted by molar-refractivity contribution is 6.10. The fourth-order valence-corrected chi connectivity index (χ4v) is 5.51. The molecule has 0 spiro atoms. The van der Waals surface area contributed by atoms with Crippen molar-refractivity contribution in [3.05, 3.63) is 161 Å². The molecule has 0 saturated heterocycles. The van der Waals surface area contributed by atoms with E-state index in [0.717, 1.165) is 39.0 Å². The Balaban J connectivity index is 1.13. The maximum absolute atomic E-state index is 13.3. The van der Waals surface area contributed by atoms with Crippen molar-refractivity contribution in [2.45, 2.75) is 13.3 Å². The van der Waals surface area contributed by atoms with Crippen LogP contribution in [-0.4, -0.2) is 21.8 Å². The van der Waals surface area contributed by atoms with E-state index in [1.165, 1.54) is 0 Å². The quantitative estimate of drug-likeness (QED) is 0.194. The summed E-state index contributed by atoms with van der Waals surface area (Å²) in [5, 5.41) is 19.1. The van der Waals surface area contributed by atoms with Crippen molar-refractivity contribution in [1.29, 1.82) is 0 Å². The van der Waals surface area contributed by atoms with Crippen LogP contribution in [0, 0.1) is 5.92 Å². The smallest absolute Gasteiger partial charge is 0.193 e. The van der Waals surface area contributed by atoms with Gasteiger partial charge in [0.25, 0.3) is 0 Å². The lowest BCUT2D eigenvalue weighted by atomic mass is 9.82. The summed E-state index contributed by atoms with van der Waals surface area (Å²) in [4.78, 5) is 26.4. The van der Waals surface area contributed by atoms with E-state index in [1.54, 1.807) is 24.3 Å². The third-order valence-corrected chi connectivity index (χ3v) is 7.99. The van der Waals surface area contributed by atoms with Crippen molar-refractivity contribution < 1.29 is 19.8 Å². The maximum atomic E-state index is 13.3. The number of carbonyl (C=O) groups excluding carboxylic acids is 2. The van der Waals surface area contributed by atoms with Crippen LogP contribution in [0.4, 0.5) is 0 Å². The SMILES string of the molecule is CC1CC(C(=O)c2ccc(-c3ccc(C(=O)c4ccc(-c5ccc(O)cc5)cc4)cc3)cc2)=CC=C1c1ccc(O)cc1. The Morgan fingerprint density at radius 2 is 0.837 bits per heavy atom. The summed E-state index contributed by atoms with van der Waals surface area (Å²) in [6.07, 6.45) is 4.58. The molecule has 6 rings (SSSR count). The fourth-order valence-electron chi connectivity index (χ4n) is 5.51. The Labute approximate surface area is 250 Å². The van der Waals surface area contributed by atoms with Crippen LogP contribution in [-0.2, 0) is 0 Å². The second-order valence-corrected chi connectivity index (χ2v) is 10.9. The normalized spacial score (nSPS) is 14.5. The van der Waals surface area contributed by atoms with E-state index in [-0.39, 0.29) is 29.0 Å². The Kier molecular flexibility index (Phi) is 7.59. The zero-order valence-corrected chi connectivity index (χ0v) is 23.7. The lowest BCUT2D eigenvalue weighted by Gasteiger charge is -2.21. The molecular weight excluding hydrogens is 532 g/mol. The molecule has 1 atom stereocenters. The van der Waals surface area contributed by atoms with Gasteiger partial charge < -0.3 is 10.2 Å². The van der Waals surface area contributed by atoms with Gasteiger partial charge in [-0.3, -0.25) is 9.59 Å². The number of benzene rings is 5. The van der Waals surface area contributed by atoms with Gasteiger partial charge in [-0.05, 0) is 70.0 Å². The molecule has 4 heteroatoms. The first-order valence-corrected chi connectivity index (χ1v) is 14.3. The van der Waals surface area contributed by atoms with Crippen molar-refractivity contribution in [3.63, 3.8) is 0 Å². The Morgan fingerprint density at radius 3 is 1.23 bits per heavy atom. The van der Waals surface area contributed by atoms with Crippen LogP contribution < -0.4 is 0 Å². The van der Waals surface area contributed by atoms with Gasteiger partial charge >= 0.3 is 0 Å². The highest BCUT2D eigenvalue weighted by atomic mass is 16.3. The molecule has 0 bridgehead atoms. The van der Waals surface area contributed by atoms with Gasteiger partial charge in [-0.15, -0.1) is 0 Å². The van der Waals surface area contributed by atoms with E-state index in [0.29, 0.717) is 23.1 Å². The average molecular weight is 563 g/mol. The zero-order chi connectivity index (χ0) is 29.9. The van der Waals surface area contributed by atoms with Crippen LogP contribution >= 0.6 is 0 Å². The average Bonchev–Trinajstić information content (AvgIpc) is 3.05. The van der Waals surface area contributed by atoms with E-state index in [4.69, 9.17) is 0 Å². The van der Waals surface area contributed by atoms with E-state index in [2.05, 4.69) is 6.92 Å². The van der Waals surface area contributed by atoms with Crippen LogP contribution in [0.5, 0.6) is 11.5 Å². The van der Waals surface area contributed by atoms with Crippen molar-refractivity contribution >= 4 is 17.1 Å². The standard InChI is InChI=1S/C39H30O4/c1-25-24-34(18-23-37(25)30-16-21-36(41)22-17-30)39(43)33-12-6-27(7-13-33)26-2-8-31(9-3-26)38(42)32-10-4-28(5-11-32)29-14-19-35(40)20-15-29/h2-23,25,40-41H,24H2,1H3. The first kappa shape index (κ1) is 27.7. The van der Waals surface area contributed by atoms with Gasteiger partial charge in [-0.25, -0.2) is 0 Å². The molecule has 210 valence electrons. The summed E-state index contributed by atoms with van der Waals surface area (Å²) in [7, 11) is 0. The molecule has 1 aliphatic carbocycles. The van der Waals surface area contributed by atoms with E-state index < -0.39 is 0 Å². The summed E-state index contributed by atoms with van der Waals surface area (Å²) < 4.78 is 0. The Morgan fingerprint density at radius 1 is 0.488 bits per heavy atom. The molecule has 5 aromatic rings. The van der Waals surface area contributed by atoms with Gasteiger partial charge in [0.1, 0.15) is 11.5 Å². The zero-order valence-electron chi connectivity index (χ0n) is 23.7. The number of rotatable bonds is 7. The topological polar surface area (TPSA) is 74.6 Å². The third-order valence-electron chi connectivity index (χ3n) is 7.99. The highest BCUT2D eigenvalue weighted by Gasteiger charge is 2.21. The van der Waals surface area contributed by atoms with Crippen LogP contribution in [0.15, 0.2) is 139 Å². The molecule has 5 aromatic carbocycles. The summed E-state index contributed by atoms with van der Waals surface area (Å²) in [5.74, 6) is 0.612. The van der Waals surface area contributed by atoms with Crippen LogP contribution in [0.25, 0.3) is 27.8 Å². The summed E-state index contributed by atoms with van der Waals surface area (Å²) in [5.41, 5.74) is 8.70. The lowest BCUT2D eigenvalue weighted by molar-refractivity contribution is 0.102. The fraction of sp³-hybridized carbons (Fsp3) is 0.0769. The first-order chi connectivity index (χ1) is 20.9. The minimum Gasteiger partial charge on any atom is -0.508 e. The minimum atomic E-state index is -0.0534. The lowest BCUT2D eigenvalue weighted by Crippen LogP contribution is -2.12. The molecule has 43 heavy (non-hydrogen) atoms. The van der Waals surface area contributed by atoms with Gasteiger partial charge in [0.05, 0.1) is 0 Å². The second-order valence-electron chi connectivity index (χ2n) is 10.9. The number of aromatic hydroxyl groups is 2. The van der Waals surface area contributed by atoms with Crippen LogP contribution in [0.2, 0.25) is 0 Å². The molecule has 4 nitrogen and oxygen atoms in total. The molecule has 1 aliphatic rings. The minimum absolute atomic E-state index is 0.0248. The Bertz CT molecular complexity index is 1840. The Hall–Kier alpha value is -5.48. The van der Waals surface area contributed by atoms with Gasteiger partial charge in [0, 0.05) is 22.3 Å². The van der Waals surface area contributed by atoms with Crippen molar-refractivity contribution in [1.82, 2.24) is 0 Å². The van der Waals surface area contributed by atoms with E-state index in [1.807, 2.05) is 109 Å². The number of hydrogen-bond donors (Lipinski definition) is 2. The molecule has 0 heterocycles. The monoisotopic (exact) mass is 562 g/mol. The van der Waals surface area contributed by atoms with Gasteiger partial charge in [-0.1, -0.05) is 116 Å². The van der Waals surface area contributed by atoms with Gasteiger partial charge in [0.2, 0.25) is 0 Å². The van der Waals surface area contributed by atoms with Crippen LogP contribution in [0.1, 0.15) is 45.2 Å². The molecule has 2 N–H and O–H groups in total. The predicted molar refractivity (Wildman–Crippen MR) is 171 cm³/mol. The molecule has 0 amide bonds. The summed E-state index contributed by atoms with van der Waals surface area (Å²) in [6, 6.07) is 36.7. The van der Waals surface area contributed by atoms with Crippen molar-refractivity contribution in [2.75, 3.05) is 0 Å². The third kappa shape index (κ3) is 5.95. The molecule has 1 unspecified atom stereocenters. The first-order valence-electron chi connectivity index (χ1n) is 14.3. The molecule has 0 radical (unpaired) electrons. The predicted octanol–water partition coefficient (Wildman–Crippen LogP) is 8.90. The number of phenolic OH excluding ortho intramolecular Hbond substituents is 2. The number of ketones is 2. The van der Waals surface area contributed by atoms with Crippen LogP contribution in [0.3, 0.4) is 0 Å². The molecule has 0 saturated carbocycles. The van der Waals surface area contributed by atoms with Gasteiger partial charge in [-0.2, -0.15) is 0 Å². The summed E-state index contributed by atoms with van der Waals surface area (Å²) in [6.45, 7) is 2.11. The number of phenols is 2. The molecule has 0 aromatic heterocycles. The number of allylic oxidation sites excluding steroid dienone is 4. The number of hydrogen-bond acceptors (Lipinski definition) is 4. The van der Waals surface area contributed by atoms with Gasteiger partial charge in [0.15, 0.2) is 11.6 Å². The summed E-state index contributed by atoms with van der Waals surface area (Å²) >= 11 is 0. The van der Waals surface area contributed by atoms with E-state index in [9.17, 15) is 19.8 Å². The highest BCUT2D eigenvalue weighted by Crippen LogP contribution is 2.34. The maximum Gasteiger partial charge on any atom is 0.193 e.